The Balaban J connectivity index is 1.97. The number of nitrogens with one attached hydrogen (secondary N) is 1. The number of carbonyl (C=O) groups is 1. The second-order valence-corrected chi connectivity index (χ2v) is 5.95. The fraction of sp³-hybridized carbons (Fsp3) is 0.533. The van der Waals surface area contributed by atoms with Gasteiger partial charge in [-0.25, -0.2) is 4.79 Å². The Morgan fingerprint density at radius 3 is 2.78 bits per heavy atom. The molecule has 1 atom stereocenters. The fourth-order valence-corrected chi connectivity index (χ4v) is 2.75. The molecule has 18 heavy (non-hydrogen) atoms. The Hall–Kier alpha value is -1.35. The smallest absolute Gasteiger partial charge is 0.336 e. The van der Waals surface area contributed by atoms with Crippen LogP contribution in [0.5, 0.6) is 0 Å². The summed E-state index contributed by atoms with van der Waals surface area (Å²) in [5, 5.41) is 12.6. The molecule has 0 spiro atoms. The van der Waals surface area contributed by atoms with Gasteiger partial charge in [-0.15, -0.1) is 0 Å². The lowest BCUT2D eigenvalue weighted by Crippen LogP contribution is -2.27. The maximum absolute atomic E-state index is 11.1. The lowest BCUT2D eigenvalue weighted by Gasteiger charge is -2.18. The summed E-state index contributed by atoms with van der Waals surface area (Å²) in [6, 6.07) is 7.73. The zero-order valence-corrected chi connectivity index (χ0v) is 11.1. The van der Waals surface area contributed by atoms with Crippen molar-refractivity contribution in [2.45, 2.75) is 45.7 Å². The summed E-state index contributed by atoms with van der Waals surface area (Å²) in [5.74, 6) is -0.848. The minimum absolute atomic E-state index is 0.405. The molecule has 0 aliphatic heterocycles. The second-order valence-electron chi connectivity index (χ2n) is 5.95. The summed E-state index contributed by atoms with van der Waals surface area (Å²) < 4.78 is 0. The molecule has 1 aromatic carbocycles. The molecule has 1 fully saturated rings. The van der Waals surface area contributed by atoms with Crippen molar-refractivity contribution in [3.05, 3.63) is 35.4 Å². The predicted molar refractivity (Wildman–Crippen MR) is 71.7 cm³/mol. The fourth-order valence-electron chi connectivity index (χ4n) is 2.75. The maximum Gasteiger partial charge on any atom is 0.336 e. The molecule has 1 unspecified atom stereocenters. The molecule has 98 valence electrons. The molecule has 0 amide bonds. The Morgan fingerprint density at radius 1 is 1.44 bits per heavy atom. The van der Waals surface area contributed by atoms with Gasteiger partial charge in [0.25, 0.3) is 0 Å². The third-order valence-electron chi connectivity index (χ3n) is 3.80. The first-order valence-electron chi connectivity index (χ1n) is 6.52. The summed E-state index contributed by atoms with van der Waals surface area (Å²) in [6.07, 6.45) is 3.59. The number of carboxylic acids is 1. The van der Waals surface area contributed by atoms with E-state index in [1.165, 1.54) is 19.3 Å². The van der Waals surface area contributed by atoms with Gasteiger partial charge in [-0.2, -0.15) is 0 Å². The average Bonchev–Trinajstić information content (AvgIpc) is 2.66. The molecule has 0 heterocycles. The summed E-state index contributed by atoms with van der Waals surface area (Å²) in [6.45, 7) is 5.23. The first-order chi connectivity index (χ1) is 8.48. The number of hydrogen-bond donors (Lipinski definition) is 2. The molecule has 1 aliphatic rings. The standard InChI is InChI=1S/C15H21NO2/c1-15(2)8-7-12(9-15)16-10-11-5-3-4-6-13(11)14(17)18/h3-6,12,16H,7-10H2,1-2H3,(H,17,18). The molecule has 1 saturated carbocycles. The average molecular weight is 247 g/mol. The summed E-state index contributed by atoms with van der Waals surface area (Å²) in [5.41, 5.74) is 1.70. The number of aromatic carboxylic acids is 1. The minimum atomic E-state index is -0.848. The predicted octanol–water partition coefficient (Wildman–Crippen LogP) is 3.05. The van der Waals surface area contributed by atoms with Crippen LogP contribution in [-0.4, -0.2) is 17.1 Å². The van der Waals surface area contributed by atoms with Crippen LogP contribution in [0, 0.1) is 5.41 Å². The van der Waals surface area contributed by atoms with Gasteiger partial charge >= 0.3 is 5.97 Å². The van der Waals surface area contributed by atoms with Crippen LogP contribution in [0.4, 0.5) is 0 Å². The quantitative estimate of drug-likeness (QED) is 0.859. The lowest BCUT2D eigenvalue weighted by molar-refractivity contribution is 0.0695. The number of benzene rings is 1. The van der Waals surface area contributed by atoms with Gasteiger partial charge in [-0.05, 0) is 36.3 Å². The molecular formula is C15H21NO2. The first-order valence-corrected chi connectivity index (χ1v) is 6.52. The second kappa shape index (κ2) is 5.11. The van der Waals surface area contributed by atoms with Crippen LogP contribution >= 0.6 is 0 Å². The van der Waals surface area contributed by atoms with Gasteiger partial charge < -0.3 is 10.4 Å². The van der Waals surface area contributed by atoms with E-state index in [1.807, 2.05) is 12.1 Å². The van der Waals surface area contributed by atoms with Gasteiger partial charge in [0, 0.05) is 12.6 Å². The third-order valence-corrected chi connectivity index (χ3v) is 3.80. The van der Waals surface area contributed by atoms with Crippen LogP contribution in [0.3, 0.4) is 0 Å². The minimum Gasteiger partial charge on any atom is -0.478 e. The maximum atomic E-state index is 11.1. The Kier molecular flexibility index (Phi) is 3.71. The number of rotatable bonds is 4. The highest BCUT2D eigenvalue weighted by atomic mass is 16.4. The van der Waals surface area contributed by atoms with Gasteiger partial charge in [-0.1, -0.05) is 32.0 Å². The van der Waals surface area contributed by atoms with Crippen molar-refractivity contribution in [1.29, 1.82) is 0 Å². The molecule has 2 N–H and O–H groups in total. The van der Waals surface area contributed by atoms with E-state index < -0.39 is 5.97 Å². The van der Waals surface area contributed by atoms with Crippen LogP contribution in [0.2, 0.25) is 0 Å². The van der Waals surface area contributed by atoms with Crippen LogP contribution in [-0.2, 0) is 6.54 Å². The number of hydrogen-bond acceptors (Lipinski definition) is 2. The van der Waals surface area contributed by atoms with Crippen molar-refractivity contribution < 1.29 is 9.90 Å². The van der Waals surface area contributed by atoms with Crippen LogP contribution in [0.25, 0.3) is 0 Å². The summed E-state index contributed by atoms with van der Waals surface area (Å²) in [7, 11) is 0. The van der Waals surface area contributed by atoms with Crippen molar-refractivity contribution >= 4 is 5.97 Å². The van der Waals surface area contributed by atoms with E-state index in [2.05, 4.69) is 19.2 Å². The normalized spacial score (nSPS) is 22.0. The van der Waals surface area contributed by atoms with Crippen LogP contribution in [0.15, 0.2) is 24.3 Å². The summed E-state index contributed by atoms with van der Waals surface area (Å²) >= 11 is 0. The van der Waals surface area contributed by atoms with Gasteiger partial charge in [0.15, 0.2) is 0 Å². The van der Waals surface area contributed by atoms with E-state index in [9.17, 15) is 4.79 Å². The largest absolute Gasteiger partial charge is 0.478 e. The highest BCUT2D eigenvalue weighted by Gasteiger charge is 2.30. The molecule has 2 rings (SSSR count). The Morgan fingerprint density at radius 2 is 2.17 bits per heavy atom. The summed E-state index contributed by atoms with van der Waals surface area (Å²) in [4.78, 5) is 11.1. The SMILES string of the molecule is CC1(C)CCC(NCc2ccccc2C(=O)O)C1. The molecule has 0 aromatic heterocycles. The zero-order chi connectivity index (χ0) is 13.2. The molecule has 3 heteroatoms. The van der Waals surface area contributed by atoms with Crippen molar-refractivity contribution in [2.75, 3.05) is 0 Å². The van der Waals surface area contributed by atoms with E-state index in [1.54, 1.807) is 12.1 Å². The highest BCUT2D eigenvalue weighted by Crippen LogP contribution is 2.36. The van der Waals surface area contributed by atoms with E-state index in [4.69, 9.17) is 5.11 Å². The monoisotopic (exact) mass is 247 g/mol. The Labute approximate surface area is 108 Å². The molecule has 0 radical (unpaired) electrons. The van der Waals surface area contributed by atoms with Crippen molar-refractivity contribution in [3.8, 4) is 0 Å². The van der Waals surface area contributed by atoms with Crippen molar-refractivity contribution in [1.82, 2.24) is 5.32 Å². The van der Waals surface area contributed by atoms with Crippen LogP contribution in [0.1, 0.15) is 49.0 Å². The van der Waals surface area contributed by atoms with Gasteiger partial charge in [0.05, 0.1) is 5.56 Å². The molecule has 3 nitrogen and oxygen atoms in total. The molecule has 1 aromatic rings. The van der Waals surface area contributed by atoms with E-state index >= 15 is 0 Å². The van der Waals surface area contributed by atoms with E-state index in [0.717, 1.165) is 5.56 Å². The third kappa shape index (κ3) is 3.10. The van der Waals surface area contributed by atoms with Gasteiger partial charge in [0.1, 0.15) is 0 Å². The first kappa shape index (κ1) is 13.1. The van der Waals surface area contributed by atoms with E-state index in [0.29, 0.717) is 23.6 Å². The zero-order valence-electron chi connectivity index (χ0n) is 11.1. The van der Waals surface area contributed by atoms with Crippen LogP contribution < -0.4 is 5.32 Å². The van der Waals surface area contributed by atoms with E-state index in [-0.39, 0.29) is 0 Å². The number of carboxylic acid groups (broad SMARTS) is 1. The van der Waals surface area contributed by atoms with Crippen molar-refractivity contribution in [3.63, 3.8) is 0 Å². The highest BCUT2D eigenvalue weighted by molar-refractivity contribution is 5.89. The molecular weight excluding hydrogens is 226 g/mol. The molecule has 0 saturated heterocycles. The van der Waals surface area contributed by atoms with Gasteiger partial charge in [0.2, 0.25) is 0 Å². The topological polar surface area (TPSA) is 49.3 Å². The van der Waals surface area contributed by atoms with Gasteiger partial charge in [-0.3, -0.25) is 0 Å². The Bertz CT molecular complexity index is 440. The molecule has 0 bridgehead atoms. The lowest BCUT2D eigenvalue weighted by atomic mass is 9.92. The van der Waals surface area contributed by atoms with Crippen molar-refractivity contribution in [2.24, 2.45) is 5.41 Å². The molecule has 1 aliphatic carbocycles.